The predicted octanol–water partition coefficient (Wildman–Crippen LogP) is 2.42. The van der Waals surface area contributed by atoms with E-state index in [2.05, 4.69) is 0 Å². The molecule has 2 unspecified atom stereocenters. The van der Waals surface area contributed by atoms with Gasteiger partial charge in [-0.05, 0) is 17.8 Å². The lowest BCUT2D eigenvalue weighted by Gasteiger charge is -2.20. The van der Waals surface area contributed by atoms with Crippen LogP contribution in [0.4, 0.5) is 0 Å². The van der Waals surface area contributed by atoms with Gasteiger partial charge in [-0.15, -0.1) is 0 Å². The molecule has 3 fully saturated rings. The minimum absolute atomic E-state index is 0.403. The summed E-state index contributed by atoms with van der Waals surface area (Å²) in [5, 5.41) is 0. The third kappa shape index (κ3) is 1.84. The molecule has 0 amide bonds. The van der Waals surface area contributed by atoms with Crippen molar-refractivity contribution in [3.63, 3.8) is 0 Å². The van der Waals surface area contributed by atoms with Crippen LogP contribution < -0.4 is 0 Å². The molecule has 1 saturated heterocycles. The van der Waals surface area contributed by atoms with Gasteiger partial charge in [-0.1, -0.05) is 32.1 Å². The molecule has 2 atom stereocenters. The summed E-state index contributed by atoms with van der Waals surface area (Å²) in [6.45, 7) is 1.71. The minimum Gasteiger partial charge on any atom is -0.381 e. The number of rotatable bonds is 3. The van der Waals surface area contributed by atoms with Crippen molar-refractivity contribution in [1.82, 2.24) is 0 Å². The maximum Gasteiger partial charge on any atom is 0.137 e. The van der Waals surface area contributed by atoms with E-state index in [9.17, 15) is 4.79 Å². The third-order valence-electron chi connectivity index (χ3n) is 4.54. The molecule has 2 heteroatoms. The Bertz CT molecular complexity index is 245. The molecule has 2 aliphatic carbocycles. The lowest BCUT2D eigenvalue weighted by Crippen LogP contribution is -2.16. The van der Waals surface area contributed by atoms with Crippen molar-refractivity contribution in [3.8, 4) is 0 Å². The Balaban J connectivity index is 1.49. The van der Waals surface area contributed by atoms with Crippen LogP contribution in [0, 0.1) is 23.7 Å². The predicted molar refractivity (Wildman–Crippen MR) is 57.5 cm³/mol. The van der Waals surface area contributed by atoms with Crippen molar-refractivity contribution in [2.45, 2.75) is 38.5 Å². The molecule has 0 aromatic rings. The second kappa shape index (κ2) is 3.89. The van der Waals surface area contributed by atoms with E-state index in [1.165, 1.54) is 32.1 Å². The summed E-state index contributed by atoms with van der Waals surface area (Å²) in [5.41, 5.74) is 0. The summed E-state index contributed by atoms with van der Waals surface area (Å²) in [7, 11) is 0. The Morgan fingerprint density at radius 3 is 2.40 bits per heavy atom. The summed E-state index contributed by atoms with van der Waals surface area (Å²) < 4.78 is 5.32. The molecule has 15 heavy (non-hydrogen) atoms. The Morgan fingerprint density at radius 2 is 1.73 bits per heavy atom. The molecule has 3 rings (SSSR count). The van der Waals surface area contributed by atoms with E-state index in [4.69, 9.17) is 4.74 Å². The van der Waals surface area contributed by atoms with Gasteiger partial charge >= 0.3 is 0 Å². The van der Waals surface area contributed by atoms with E-state index in [0.29, 0.717) is 29.5 Å². The van der Waals surface area contributed by atoms with Crippen molar-refractivity contribution in [1.29, 1.82) is 0 Å². The van der Waals surface area contributed by atoms with Gasteiger partial charge in [0.2, 0.25) is 0 Å². The first-order chi connectivity index (χ1) is 7.36. The highest BCUT2D eigenvalue weighted by Crippen LogP contribution is 2.52. The number of carbonyl (C=O) groups is 1. The SMILES string of the molecule is O=C(CC1CCCCC1)C1C2COCC21. The Hall–Kier alpha value is -0.370. The third-order valence-corrected chi connectivity index (χ3v) is 4.54. The van der Waals surface area contributed by atoms with E-state index in [-0.39, 0.29) is 0 Å². The molecule has 1 heterocycles. The fourth-order valence-electron chi connectivity index (χ4n) is 3.53. The number of hydrogen-bond donors (Lipinski definition) is 0. The standard InChI is InChI=1S/C13H20O2/c14-12(6-9-4-2-1-3-5-9)13-10-7-15-8-11(10)13/h9-11,13H,1-8H2. The van der Waals surface area contributed by atoms with Crippen molar-refractivity contribution in [3.05, 3.63) is 0 Å². The highest BCUT2D eigenvalue weighted by molar-refractivity contribution is 5.84. The molecular weight excluding hydrogens is 188 g/mol. The molecule has 0 aromatic carbocycles. The Morgan fingerprint density at radius 1 is 1.07 bits per heavy atom. The van der Waals surface area contributed by atoms with Gasteiger partial charge in [-0.2, -0.15) is 0 Å². The monoisotopic (exact) mass is 208 g/mol. The quantitative estimate of drug-likeness (QED) is 0.712. The van der Waals surface area contributed by atoms with Crippen LogP contribution in [0.3, 0.4) is 0 Å². The molecule has 3 aliphatic rings. The Kier molecular flexibility index (Phi) is 2.55. The first-order valence-corrected chi connectivity index (χ1v) is 6.46. The fraction of sp³-hybridized carbons (Fsp3) is 0.923. The molecule has 0 spiro atoms. The zero-order valence-corrected chi connectivity index (χ0v) is 9.28. The number of Topliss-reactive ketones (excluding diaryl/α,β-unsaturated/α-hetero) is 1. The van der Waals surface area contributed by atoms with Crippen LogP contribution in [0.25, 0.3) is 0 Å². The highest BCUT2D eigenvalue weighted by atomic mass is 16.5. The van der Waals surface area contributed by atoms with Crippen LogP contribution in [0.1, 0.15) is 38.5 Å². The zero-order valence-electron chi connectivity index (χ0n) is 9.28. The van der Waals surface area contributed by atoms with E-state index < -0.39 is 0 Å². The van der Waals surface area contributed by atoms with Gasteiger partial charge in [-0.3, -0.25) is 4.79 Å². The number of ketones is 1. The molecule has 2 saturated carbocycles. The van der Waals surface area contributed by atoms with Crippen molar-refractivity contribution < 1.29 is 9.53 Å². The van der Waals surface area contributed by atoms with Crippen LogP contribution >= 0.6 is 0 Å². The second-order valence-electron chi connectivity index (χ2n) is 5.57. The van der Waals surface area contributed by atoms with E-state index in [0.717, 1.165) is 19.6 Å². The lowest BCUT2D eigenvalue weighted by molar-refractivity contribution is -0.122. The van der Waals surface area contributed by atoms with Gasteiger partial charge in [0.25, 0.3) is 0 Å². The zero-order chi connectivity index (χ0) is 10.3. The van der Waals surface area contributed by atoms with E-state index >= 15 is 0 Å². The van der Waals surface area contributed by atoms with Gasteiger partial charge in [-0.25, -0.2) is 0 Å². The smallest absolute Gasteiger partial charge is 0.137 e. The number of fused-ring (bicyclic) bond motifs is 1. The normalized spacial score (nSPS) is 40.1. The molecule has 0 N–H and O–H groups in total. The van der Waals surface area contributed by atoms with Gasteiger partial charge < -0.3 is 4.74 Å². The average molecular weight is 208 g/mol. The summed E-state index contributed by atoms with van der Waals surface area (Å²) in [6, 6.07) is 0. The first kappa shape index (κ1) is 9.83. The topological polar surface area (TPSA) is 26.3 Å². The molecule has 84 valence electrons. The lowest BCUT2D eigenvalue weighted by atomic mass is 9.85. The van der Waals surface area contributed by atoms with Crippen molar-refractivity contribution in [2.75, 3.05) is 13.2 Å². The number of hydrogen-bond acceptors (Lipinski definition) is 2. The van der Waals surface area contributed by atoms with Gasteiger partial charge in [0.15, 0.2) is 0 Å². The molecule has 0 radical (unpaired) electrons. The van der Waals surface area contributed by atoms with E-state index in [1.807, 2.05) is 0 Å². The van der Waals surface area contributed by atoms with Crippen LogP contribution in [0.5, 0.6) is 0 Å². The second-order valence-corrected chi connectivity index (χ2v) is 5.57. The minimum atomic E-state index is 0.403. The van der Waals surface area contributed by atoms with Crippen molar-refractivity contribution >= 4 is 5.78 Å². The average Bonchev–Trinajstić information content (AvgIpc) is 2.75. The maximum absolute atomic E-state index is 12.0. The van der Waals surface area contributed by atoms with Crippen LogP contribution in [0.2, 0.25) is 0 Å². The number of ether oxygens (including phenoxy) is 1. The first-order valence-electron chi connectivity index (χ1n) is 6.46. The highest BCUT2D eigenvalue weighted by Gasteiger charge is 2.57. The molecule has 0 aromatic heterocycles. The molecular formula is C13H20O2. The fourth-order valence-corrected chi connectivity index (χ4v) is 3.53. The van der Waals surface area contributed by atoms with Crippen molar-refractivity contribution in [2.24, 2.45) is 23.7 Å². The summed E-state index contributed by atoms with van der Waals surface area (Å²) >= 11 is 0. The summed E-state index contributed by atoms with van der Waals surface area (Å²) in [6.07, 6.45) is 7.54. The maximum atomic E-state index is 12.0. The van der Waals surface area contributed by atoms with Crippen LogP contribution in [0.15, 0.2) is 0 Å². The summed E-state index contributed by atoms with van der Waals surface area (Å²) in [4.78, 5) is 12.0. The van der Waals surface area contributed by atoms with Gasteiger partial charge in [0, 0.05) is 12.3 Å². The summed E-state index contributed by atoms with van der Waals surface area (Å²) in [5.74, 6) is 2.90. The van der Waals surface area contributed by atoms with E-state index in [1.54, 1.807) is 0 Å². The van der Waals surface area contributed by atoms with Crippen LogP contribution in [-0.2, 0) is 9.53 Å². The molecule has 2 nitrogen and oxygen atoms in total. The molecule has 1 aliphatic heterocycles. The van der Waals surface area contributed by atoms with Crippen LogP contribution in [-0.4, -0.2) is 19.0 Å². The number of carbonyl (C=O) groups excluding carboxylic acids is 1. The molecule has 0 bridgehead atoms. The largest absolute Gasteiger partial charge is 0.381 e. The van der Waals surface area contributed by atoms with Gasteiger partial charge in [0.05, 0.1) is 13.2 Å². The Labute approximate surface area is 91.4 Å². The van der Waals surface area contributed by atoms with Gasteiger partial charge in [0.1, 0.15) is 5.78 Å².